The van der Waals surface area contributed by atoms with Gasteiger partial charge >= 0.3 is 0 Å². The molecule has 0 radical (unpaired) electrons. The van der Waals surface area contributed by atoms with Gasteiger partial charge in [-0.1, -0.05) is 23.7 Å². The van der Waals surface area contributed by atoms with Crippen molar-refractivity contribution in [2.24, 2.45) is 7.05 Å². The summed E-state index contributed by atoms with van der Waals surface area (Å²) in [5.41, 5.74) is 1.23. The van der Waals surface area contributed by atoms with Gasteiger partial charge in [0.05, 0.1) is 16.4 Å². The highest BCUT2D eigenvalue weighted by atomic mass is 35.5. The summed E-state index contributed by atoms with van der Waals surface area (Å²) in [6.45, 7) is 3.38. The first-order valence-corrected chi connectivity index (χ1v) is 8.07. The fourth-order valence-electron chi connectivity index (χ4n) is 2.13. The van der Waals surface area contributed by atoms with Crippen LogP contribution in [0, 0.1) is 6.92 Å². The van der Waals surface area contributed by atoms with Crippen LogP contribution >= 0.6 is 11.6 Å². The highest BCUT2D eigenvalue weighted by Gasteiger charge is 2.25. The molecule has 1 aromatic carbocycles. The fraction of sp³-hybridized carbons (Fsp3) is 0.353. The smallest absolute Gasteiger partial charge is 0.276 e. The molecule has 2 rings (SSSR count). The predicted octanol–water partition coefficient (Wildman–Crippen LogP) is 2.49. The number of amides is 2. The maximum Gasteiger partial charge on any atom is 0.276 e. The number of hydrogen-bond acceptors (Lipinski definition) is 4. The van der Waals surface area contributed by atoms with E-state index in [2.05, 4.69) is 10.4 Å². The number of halogens is 1. The van der Waals surface area contributed by atoms with Gasteiger partial charge in [0.25, 0.3) is 11.8 Å². The quantitative estimate of drug-likeness (QED) is 0.884. The molecule has 0 fully saturated rings. The van der Waals surface area contributed by atoms with E-state index >= 15 is 0 Å². The molecule has 0 aliphatic heterocycles. The Kier molecular flexibility index (Phi) is 5.69. The van der Waals surface area contributed by atoms with Gasteiger partial charge in [-0.2, -0.15) is 5.10 Å². The summed E-state index contributed by atoms with van der Waals surface area (Å²) < 4.78 is 7.15. The van der Waals surface area contributed by atoms with Crippen LogP contribution < -0.4 is 10.1 Å². The number of para-hydroxylation sites is 1. The van der Waals surface area contributed by atoms with Gasteiger partial charge in [-0.15, -0.1) is 0 Å². The second-order valence-corrected chi connectivity index (χ2v) is 6.22. The first-order valence-electron chi connectivity index (χ1n) is 7.69. The van der Waals surface area contributed by atoms with Crippen LogP contribution in [0.5, 0.6) is 5.75 Å². The number of anilines is 1. The molecule has 0 bridgehead atoms. The van der Waals surface area contributed by atoms with Gasteiger partial charge in [0, 0.05) is 21.1 Å². The van der Waals surface area contributed by atoms with E-state index in [1.165, 1.54) is 4.90 Å². The van der Waals surface area contributed by atoms with E-state index < -0.39 is 12.0 Å². The minimum Gasteiger partial charge on any atom is -0.479 e. The van der Waals surface area contributed by atoms with Gasteiger partial charge in [-0.05, 0) is 26.0 Å². The van der Waals surface area contributed by atoms with Crippen LogP contribution in [-0.2, 0) is 11.8 Å². The van der Waals surface area contributed by atoms with E-state index in [4.69, 9.17) is 16.3 Å². The molecule has 1 N–H and O–H groups in total. The van der Waals surface area contributed by atoms with Gasteiger partial charge in [-0.3, -0.25) is 14.3 Å². The third-order valence-corrected chi connectivity index (χ3v) is 4.01. The largest absolute Gasteiger partial charge is 0.479 e. The highest BCUT2D eigenvalue weighted by Crippen LogP contribution is 2.25. The lowest BCUT2D eigenvalue weighted by Crippen LogP contribution is -2.31. The maximum absolute atomic E-state index is 12.5. The van der Waals surface area contributed by atoms with Crippen molar-refractivity contribution in [2.45, 2.75) is 20.0 Å². The lowest BCUT2D eigenvalue weighted by Gasteiger charge is -2.16. The molecular formula is C17H21ClN4O3. The van der Waals surface area contributed by atoms with Crippen LogP contribution in [0.25, 0.3) is 0 Å². The zero-order valence-corrected chi connectivity index (χ0v) is 15.6. The first kappa shape index (κ1) is 18.8. The summed E-state index contributed by atoms with van der Waals surface area (Å²) in [6, 6.07) is 6.91. The van der Waals surface area contributed by atoms with Gasteiger partial charge in [0.15, 0.2) is 11.8 Å². The van der Waals surface area contributed by atoms with Crippen molar-refractivity contribution in [1.82, 2.24) is 14.7 Å². The van der Waals surface area contributed by atoms with Crippen molar-refractivity contribution in [3.05, 3.63) is 40.7 Å². The molecule has 1 heterocycles. The first-order chi connectivity index (χ1) is 11.7. The molecular weight excluding hydrogens is 344 g/mol. The van der Waals surface area contributed by atoms with Crippen LogP contribution in [0.1, 0.15) is 23.1 Å². The average molecular weight is 365 g/mol. The maximum atomic E-state index is 12.5. The van der Waals surface area contributed by atoms with Crippen molar-refractivity contribution in [1.29, 1.82) is 0 Å². The van der Waals surface area contributed by atoms with Crippen molar-refractivity contribution in [3.8, 4) is 5.75 Å². The molecule has 2 amide bonds. The number of carbonyl (C=O) groups is 2. The van der Waals surface area contributed by atoms with Crippen molar-refractivity contribution in [3.63, 3.8) is 0 Å². The third-order valence-electron chi connectivity index (χ3n) is 3.70. The van der Waals surface area contributed by atoms with Gasteiger partial charge in [0.1, 0.15) is 5.75 Å². The van der Waals surface area contributed by atoms with Crippen molar-refractivity contribution >= 4 is 29.1 Å². The van der Waals surface area contributed by atoms with Crippen LogP contribution in [0.3, 0.4) is 0 Å². The Morgan fingerprint density at radius 3 is 2.56 bits per heavy atom. The van der Waals surface area contributed by atoms with Gasteiger partial charge in [0.2, 0.25) is 0 Å². The van der Waals surface area contributed by atoms with Gasteiger partial charge in [-0.25, -0.2) is 0 Å². The highest BCUT2D eigenvalue weighted by molar-refractivity contribution is 6.32. The van der Waals surface area contributed by atoms with Crippen LogP contribution in [0.2, 0.25) is 5.02 Å². The van der Waals surface area contributed by atoms with E-state index in [0.717, 1.165) is 0 Å². The average Bonchev–Trinajstić information content (AvgIpc) is 2.84. The van der Waals surface area contributed by atoms with Crippen molar-refractivity contribution in [2.75, 3.05) is 19.4 Å². The molecule has 134 valence electrons. The van der Waals surface area contributed by atoms with E-state index in [9.17, 15) is 9.59 Å². The number of nitrogens with one attached hydrogen (secondary N) is 1. The van der Waals surface area contributed by atoms with Crippen LogP contribution in [0.4, 0.5) is 5.69 Å². The van der Waals surface area contributed by atoms with E-state index in [-0.39, 0.29) is 11.6 Å². The Morgan fingerprint density at radius 1 is 1.32 bits per heavy atom. The molecule has 0 aliphatic rings. The number of aromatic nitrogens is 2. The van der Waals surface area contributed by atoms with Crippen molar-refractivity contribution < 1.29 is 14.3 Å². The summed E-state index contributed by atoms with van der Waals surface area (Å²) in [7, 11) is 4.96. The van der Waals surface area contributed by atoms with Gasteiger partial charge < -0.3 is 15.0 Å². The van der Waals surface area contributed by atoms with Crippen LogP contribution in [0.15, 0.2) is 24.3 Å². The van der Waals surface area contributed by atoms with E-state index in [0.29, 0.717) is 22.2 Å². The number of ether oxygens (including phenoxy) is 1. The molecule has 0 saturated carbocycles. The molecule has 25 heavy (non-hydrogen) atoms. The lowest BCUT2D eigenvalue weighted by molar-refractivity contribution is -0.122. The number of carbonyl (C=O) groups excluding carboxylic acids is 2. The molecule has 7 nitrogen and oxygen atoms in total. The summed E-state index contributed by atoms with van der Waals surface area (Å²) in [5.74, 6) is -0.276. The topological polar surface area (TPSA) is 76.5 Å². The zero-order chi connectivity index (χ0) is 18.7. The number of benzene rings is 1. The summed E-state index contributed by atoms with van der Waals surface area (Å²) in [6.07, 6.45) is -0.804. The third kappa shape index (κ3) is 4.11. The minimum atomic E-state index is -0.804. The summed E-state index contributed by atoms with van der Waals surface area (Å²) >= 11 is 6.04. The molecule has 8 heteroatoms. The summed E-state index contributed by atoms with van der Waals surface area (Å²) in [5, 5.41) is 7.35. The van der Waals surface area contributed by atoms with E-state index in [1.807, 2.05) is 0 Å². The number of hydrogen-bond donors (Lipinski definition) is 1. The number of rotatable bonds is 5. The number of aryl methyl sites for hydroxylation is 1. The second-order valence-electron chi connectivity index (χ2n) is 5.81. The molecule has 0 spiro atoms. The Bertz CT molecular complexity index is 801. The van der Waals surface area contributed by atoms with E-state index in [1.54, 1.807) is 63.9 Å². The summed E-state index contributed by atoms with van der Waals surface area (Å²) in [4.78, 5) is 26.2. The second kappa shape index (κ2) is 7.57. The lowest BCUT2D eigenvalue weighted by atomic mass is 10.2. The molecule has 1 atom stereocenters. The Morgan fingerprint density at radius 2 is 1.96 bits per heavy atom. The Balaban J connectivity index is 2.20. The molecule has 1 aromatic heterocycles. The minimum absolute atomic E-state index is 0.184. The number of nitrogens with zero attached hydrogens (tertiary/aromatic N) is 3. The van der Waals surface area contributed by atoms with Crippen LogP contribution in [-0.4, -0.2) is 46.7 Å². The fourth-order valence-corrected chi connectivity index (χ4v) is 2.31. The Labute approximate surface area is 151 Å². The molecule has 0 saturated heterocycles. The zero-order valence-electron chi connectivity index (χ0n) is 14.8. The predicted molar refractivity (Wildman–Crippen MR) is 96.1 cm³/mol. The Hall–Kier alpha value is -2.54. The molecule has 0 aliphatic carbocycles. The standard InChI is InChI=1S/C17H21ClN4O3/c1-10-14(15(20-22(10)5)17(24)21(3)4)19-16(23)11(2)25-13-9-7-6-8-12(13)18/h6-9,11H,1-5H3,(H,19,23). The SMILES string of the molecule is Cc1c(NC(=O)C(C)Oc2ccccc2Cl)c(C(=O)N(C)C)nn1C. The molecule has 2 aromatic rings. The monoisotopic (exact) mass is 364 g/mol. The normalized spacial score (nSPS) is 11.8. The molecule has 1 unspecified atom stereocenters.